The van der Waals surface area contributed by atoms with Crippen molar-refractivity contribution in [1.82, 2.24) is 15.0 Å². The van der Waals surface area contributed by atoms with Gasteiger partial charge in [-0.3, -0.25) is 9.59 Å². The molecule has 1 atom stereocenters. The minimum atomic E-state index is -2.30. The number of nitrogens with zero attached hydrogens (tertiary/aromatic N) is 3. The van der Waals surface area contributed by atoms with Crippen LogP contribution in [-0.2, 0) is 22.4 Å². The summed E-state index contributed by atoms with van der Waals surface area (Å²) in [6, 6.07) is 5.48. The molecule has 0 aliphatic carbocycles. The maximum Gasteiger partial charge on any atom is 0.251 e. The number of hydrogen-bond acceptors (Lipinski definition) is 7. The van der Waals surface area contributed by atoms with Gasteiger partial charge < -0.3 is 24.6 Å². The normalized spacial score (nSPS) is 15.4. The van der Waals surface area contributed by atoms with Crippen molar-refractivity contribution in [3.8, 4) is 11.8 Å². The lowest BCUT2D eigenvalue weighted by atomic mass is 9.95. The van der Waals surface area contributed by atoms with Gasteiger partial charge in [0.2, 0.25) is 11.8 Å². The predicted molar refractivity (Wildman–Crippen MR) is 129 cm³/mol. The second kappa shape index (κ2) is 9.68. The Morgan fingerprint density at radius 1 is 1.22 bits per heavy atom. The van der Waals surface area contributed by atoms with Crippen LogP contribution < -0.4 is 15.2 Å². The Kier molecular flexibility index (Phi) is 6.80. The van der Waals surface area contributed by atoms with Crippen molar-refractivity contribution >= 4 is 30.8 Å². The Hall–Kier alpha value is -3.80. The number of benzene rings is 1. The maximum absolute atomic E-state index is 14.8. The number of carbonyl (C=O) groups is 2. The number of aromatic nitrogens is 2. The molecule has 0 fully saturated rings. The second-order valence-electron chi connectivity index (χ2n) is 9.51. The van der Waals surface area contributed by atoms with Gasteiger partial charge in [0.05, 0.1) is 27.3 Å². The number of carbonyl (C=O) groups excluding carboxylic acids is 2. The van der Waals surface area contributed by atoms with Gasteiger partial charge in [0.25, 0.3) is 11.8 Å². The molecule has 9 nitrogen and oxygen atoms in total. The van der Waals surface area contributed by atoms with Gasteiger partial charge in [0.15, 0.2) is 0 Å². The van der Waals surface area contributed by atoms with Crippen molar-refractivity contribution in [2.24, 2.45) is 0 Å². The van der Waals surface area contributed by atoms with Crippen LogP contribution in [0.4, 0.5) is 14.5 Å². The third-order valence-electron chi connectivity index (χ3n) is 5.89. The second-order valence-corrected chi connectivity index (χ2v) is 14.5. The minimum Gasteiger partial charge on any atom is -0.491 e. The fraction of sp³-hybridized carbons (Fsp3) is 0.333. The summed E-state index contributed by atoms with van der Waals surface area (Å²) < 4.78 is 39.7. The molecule has 12 heteroatoms. The van der Waals surface area contributed by atoms with Crippen LogP contribution in [0.1, 0.15) is 23.1 Å². The highest BCUT2D eigenvalue weighted by Gasteiger charge is 2.37. The molecule has 1 aromatic carbocycles. The quantitative estimate of drug-likeness (QED) is 0.484. The molecule has 0 saturated heterocycles. The van der Waals surface area contributed by atoms with Gasteiger partial charge in [0.1, 0.15) is 23.4 Å². The summed E-state index contributed by atoms with van der Waals surface area (Å²) in [5.74, 6) is -2.44. The monoisotopic (exact) mass is 516 g/mol. The van der Waals surface area contributed by atoms with Gasteiger partial charge in [-0.15, -0.1) is 0 Å². The highest BCUT2D eigenvalue weighted by Crippen LogP contribution is 2.32. The Morgan fingerprint density at radius 2 is 1.92 bits per heavy atom. The van der Waals surface area contributed by atoms with Crippen LogP contribution in [0.2, 0.25) is 19.6 Å². The molecule has 0 bridgehead atoms. The first kappa shape index (κ1) is 25.3. The number of halogens is 2. The van der Waals surface area contributed by atoms with Crippen molar-refractivity contribution in [2.75, 3.05) is 19.0 Å². The molecule has 2 N–H and O–H groups in total. The van der Waals surface area contributed by atoms with E-state index >= 15 is 0 Å². The molecule has 0 unspecified atom stereocenters. The first-order valence-electron chi connectivity index (χ1n) is 11.3. The average molecular weight is 517 g/mol. The van der Waals surface area contributed by atoms with E-state index in [4.69, 9.17) is 9.26 Å². The van der Waals surface area contributed by atoms with Gasteiger partial charge in [0, 0.05) is 41.5 Å². The van der Waals surface area contributed by atoms with E-state index in [1.807, 2.05) is 19.6 Å². The van der Waals surface area contributed by atoms with Crippen molar-refractivity contribution in [3.05, 3.63) is 59.0 Å². The van der Waals surface area contributed by atoms with Crippen LogP contribution >= 0.6 is 0 Å². The number of pyridine rings is 1. The molecule has 1 aliphatic rings. The fourth-order valence-corrected chi connectivity index (χ4v) is 5.92. The summed E-state index contributed by atoms with van der Waals surface area (Å²) in [5.41, 5.74) is 0.980. The van der Waals surface area contributed by atoms with Crippen LogP contribution in [0.25, 0.3) is 0 Å². The largest absolute Gasteiger partial charge is 0.491 e. The Morgan fingerprint density at radius 3 is 2.50 bits per heavy atom. The molecule has 36 heavy (non-hydrogen) atoms. The van der Waals surface area contributed by atoms with Crippen molar-refractivity contribution in [2.45, 2.75) is 38.5 Å². The van der Waals surface area contributed by atoms with E-state index in [0.717, 1.165) is 12.1 Å². The number of nitrogens with one attached hydrogen (secondary N) is 1. The lowest BCUT2D eigenvalue weighted by Gasteiger charge is -2.36. The lowest BCUT2D eigenvalue weighted by molar-refractivity contribution is -0.139. The molecule has 2 amide bonds. The van der Waals surface area contributed by atoms with E-state index in [2.05, 4.69) is 15.5 Å². The van der Waals surface area contributed by atoms with Gasteiger partial charge in [-0.1, -0.05) is 19.6 Å². The number of ether oxygens (including phenoxy) is 1. The summed E-state index contributed by atoms with van der Waals surface area (Å²) in [4.78, 5) is 32.4. The minimum absolute atomic E-state index is 0.0481. The van der Waals surface area contributed by atoms with Crippen LogP contribution in [0, 0.1) is 11.6 Å². The average Bonchev–Trinajstić information content (AvgIpc) is 3.20. The standard InChI is InChI=1S/C24H26F2N4O5Si/c1-34-20-6-5-15-18(28-20)7-8-30(21(32)12-14-11-19(31)29-35-14)22(15)24(33)27-13-9-16(25)23(17(26)10-13)36(2,3)4/h5-6,9-11,22H,7-8,12H2,1-4H3,(H,27,33)(H,29,31)/t22-/m1/s1. The molecular weight excluding hydrogens is 490 g/mol. The Bertz CT molecular complexity index is 1300. The molecule has 0 saturated carbocycles. The summed E-state index contributed by atoms with van der Waals surface area (Å²) in [5, 5.41) is 15.4. The highest BCUT2D eigenvalue weighted by molar-refractivity contribution is 6.88. The Balaban J connectivity index is 1.67. The topological polar surface area (TPSA) is 118 Å². The van der Waals surface area contributed by atoms with E-state index < -0.39 is 37.6 Å². The van der Waals surface area contributed by atoms with Crippen LogP contribution in [-0.4, -0.2) is 53.7 Å². The molecule has 190 valence electrons. The molecule has 2 aromatic heterocycles. The molecule has 3 heterocycles. The molecule has 4 rings (SSSR count). The lowest BCUT2D eigenvalue weighted by Crippen LogP contribution is -2.46. The van der Waals surface area contributed by atoms with Gasteiger partial charge in [-0.05, 0) is 23.4 Å². The zero-order valence-electron chi connectivity index (χ0n) is 20.3. The first-order chi connectivity index (χ1) is 17.0. The van der Waals surface area contributed by atoms with Crippen molar-refractivity contribution < 1.29 is 32.7 Å². The molecule has 3 aromatic rings. The summed E-state index contributed by atoms with van der Waals surface area (Å²) in [6.07, 6.45) is 0.113. The van der Waals surface area contributed by atoms with E-state index in [9.17, 15) is 23.5 Å². The van der Waals surface area contributed by atoms with E-state index in [1.165, 1.54) is 18.1 Å². The molecule has 0 radical (unpaired) electrons. The van der Waals surface area contributed by atoms with Gasteiger partial charge >= 0.3 is 0 Å². The maximum atomic E-state index is 14.8. The summed E-state index contributed by atoms with van der Waals surface area (Å²) >= 11 is 0. The van der Waals surface area contributed by atoms with Gasteiger partial charge in [-0.25, -0.2) is 13.8 Å². The van der Waals surface area contributed by atoms with E-state index in [0.29, 0.717) is 23.6 Å². The smallest absolute Gasteiger partial charge is 0.251 e. The molecular formula is C24H26F2N4O5Si. The number of amides is 2. The highest BCUT2D eigenvalue weighted by atomic mass is 28.3. The number of fused-ring (bicyclic) bond motifs is 1. The first-order valence-corrected chi connectivity index (χ1v) is 14.8. The zero-order chi connectivity index (χ0) is 26.2. The van der Waals surface area contributed by atoms with E-state index in [1.54, 1.807) is 12.1 Å². The van der Waals surface area contributed by atoms with Crippen LogP contribution in [0.3, 0.4) is 0 Å². The third-order valence-corrected chi connectivity index (χ3v) is 7.87. The fourth-order valence-electron chi connectivity index (χ4n) is 4.34. The number of hydrogen-bond donors (Lipinski definition) is 2. The van der Waals surface area contributed by atoms with E-state index in [-0.39, 0.29) is 35.5 Å². The third kappa shape index (κ3) is 5.08. The number of anilines is 1. The Labute approximate surface area is 207 Å². The van der Waals surface area contributed by atoms with Crippen molar-refractivity contribution in [3.63, 3.8) is 0 Å². The summed E-state index contributed by atoms with van der Waals surface area (Å²) in [6.45, 7) is 5.63. The van der Waals surface area contributed by atoms with Crippen LogP contribution in [0.5, 0.6) is 11.8 Å². The number of aromatic hydroxyl groups is 1. The SMILES string of the molecule is COc1ccc2c(n1)CCN(C(=O)Cc1cc(O)no1)[C@H]2C(=O)Nc1cc(F)c([Si](C)(C)C)c(F)c1. The molecule has 1 aliphatic heterocycles. The summed E-state index contributed by atoms with van der Waals surface area (Å²) in [7, 11) is -0.833. The zero-order valence-corrected chi connectivity index (χ0v) is 21.3. The molecule has 0 spiro atoms. The van der Waals surface area contributed by atoms with Gasteiger partial charge in [-0.2, -0.15) is 0 Å². The number of methoxy groups -OCH3 is 1. The predicted octanol–water partition coefficient (Wildman–Crippen LogP) is 2.91. The number of rotatable bonds is 6. The van der Waals surface area contributed by atoms with Crippen molar-refractivity contribution in [1.29, 1.82) is 0 Å². The van der Waals surface area contributed by atoms with Crippen LogP contribution in [0.15, 0.2) is 34.9 Å².